The average Bonchev–Trinajstić information content (AvgIpc) is 2.18. The van der Waals surface area contributed by atoms with Gasteiger partial charge in [0, 0.05) is 7.11 Å². The van der Waals surface area contributed by atoms with Gasteiger partial charge < -0.3 is 15.6 Å². The van der Waals surface area contributed by atoms with Gasteiger partial charge in [0.25, 0.3) is 0 Å². The second-order valence-electron chi connectivity index (χ2n) is 2.96. The van der Waals surface area contributed by atoms with Crippen molar-refractivity contribution in [3.8, 4) is 0 Å². The number of methoxy groups -OCH3 is 1. The first-order valence-electron chi connectivity index (χ1n) is 4.22. The summed E-state index contributed by atoms with van der Waals surface area (Å²) in [6.07, 6.45) is 0. The number of ether oxygens (including phenoxy) is 1. The molecule has 0 amide bonds. The topological polar surface area (TPSA) is 55.5 Å². The van der Waals surface area contributed by atoms with Crippen molar-refractivity contribution in [1.82, 2.24) is 0 Å². The Morgan fingerprint density at radius 1 is 1.54 bits per heavy atom. The maximum atomic E-state index is 8.90. The lowest BCUT2D eigenvalue weighted by atomic mass is 10.1. The van der Waals surface area contributed by atoms with Gasteiger partial charge in [-0.2, -0.15) is 0 Å². The van der Waals surface area contributed by atoms with Crippen molar-refractivity contribution in [2.24, 2.45) is 5.73 Å². The van der Waals surface area contributed by atoms with Crippen LogP contribution in [0.4, 0.5) is 0 Å². The Kier molecular flexibility index (Phi) is 3.89. The third kappa shape index (κ3) is 2.81. The zero-order valence-corrected chi connectivity index (χ0v) is 7.73. The van der Waals surface area contributed by atoms with E-state index >= 15 is 0 Å². The Morgan fingerprint density at radius 2 is 2.31 bits per heavy atom. The molecule has 0 aliphatic rings. The zero-order chi connectivity index (χ0) is 9.68. The third-order valence-corrected chi connectivity index (χ3v) is 1.91. The molecule has 1 rings (SSSR count). The van der Waals surface area contributed by atoms with E-state index in [1.165, 1.54) is 0 Å². The van der Waals surface area contributed by atoms with Gasteiger partial charge in [0.15, 0.2) is 0 Å². The summed E-state index contributed by atoms with van der Waals surface area (Å²) < 4.78 is 4.94. The van der Waals surface area contributed by atoms with Crippen LogP contribution in [0.3, 0.4) is 0 Å². The van der Waals surface area contributed by atoms with E-state index in [1.807, 2.05) is 24.3 Å². The minimum Gasteiger partial charge on any atom is -0.392 e. The van der Waals surface area contributed by atoms with Crippen molar-refractivity contribution in [2.45, 2.75) is 12.6 Å². The summed E-state index contributed by atoms with van der Waals surface area (Å²) in [5.41, 5.74) is 7.70. The third-order valence-electron chi connectivity index (χ3n) is 1.91. The van der Waals surface area contributed by atoms with Gasteiger partial charge in [-0.05, 0) is 11.1 Å². The first-order valence-corrected chi connectivity index (χ1v) is 4.22. The fraction of sp³-hybridized carbons (Fsp3) is 0.400. The van der Waals surface area contributed by atoms with E-state index in [0.717, 1.165) is 11.1 Å². The Labute approximate surface area is 78.1 Å². The Bertz CT molecular complexity index is 263. The Hall–Kier alpha value is -0.900. The van der Waals surface area contributed by atoms with Gasteiger partial charge in [0.2, 0.25) is 0 Å². The summed E-state index contributed by atoms with van der Waals surface area (Å²) in [5.74, 6) is 0. The van der Waals surface area contributed by atoms with Crippen molar-refractivity contribution < 1.29 is 9.84 Å². The first-order chi connectivity index (χ1) is 6.27. The molecular weight excluding hydrogens is 166 g/mol. The van der Waals surface area contributed by atoms with Gasteiger partial charge in [-0.1, -0.05) is 24.3 Å². The van der Waals surface area contributed by atoms with E-state index in [1.54, 1.807) is 7.11 Å². The van der Waals surface area contributed by atoms with Gasteiger partial charge in [-0.15, -0.1) is 0 Å². The fourth-order valence-electron chi connectivity index (χ4n) is 1.20. The molecule has 3 N–H and O–H groups in total. The van der Waals surface area contributed by atoms with Crippen molar-refractivity contribution in [1.29, 1.82) is 0 Å². The van der Waals surface area contributed by atoms with E-state index < -0.39 is 0 Å². The highest BCUT2D eigenvalue weighted by atomic mass is 16.5. The summed E-state index contributed by atoms with van der Waals surface area (Å²) in [6, 6.07) is 7.46. The SMILES string of the molecule is COCC(N)c1cccc(CO)c1. The molecule has 0 radical (unpaired) electrons. The second kappa shape index (κ2) is 4.97. The predicted molar refractivity (Wildman–Crippen MR) is 51.2 cm³/mol. The van der Waals surface area contributed by atoms with E-state index in [-0.39, 0.29) is 12.6 Å². The lowest BCUT2D eigenvalue weighted by Gasteiger charge is -2.11. The van der Waals surface area contributed by atoms with Crippen LogP contribution in [0.1, 0.15) is 17.2 Å². The molecule has 1 aromatic carbocycles. The quantitative estimate of drug-likeness (QED) is 0.723. The molecule has 0 saturated heterocycles. The largest absolute Gasteiger partial charge is 0.392 e. The predicted octanol–water partition coefficient (Wildman–Crippen LogP) is 0.825. The van der Waals surface area contributed by atoms with Crippen LogP contribution in [-0.4, -0.2) is 18.8 Å². The van der Waals surface area contributed by atoms with Crippen LogP contribution in [0.2, 0.25) is 0 Å². The Morgan fingerprint density at radius 3 is 2.92 bits per heavy atom. The zero-order valence-electron chi connectivity index (χ0n) is 7.73. The molecule has 0 aromatic heterocycles. The highest BCUT2D eigenvalue weighted by Gasteiger charge is 2.04. The summed E-state index contributed by atoms with van der Waals surface area (Å²) in [6.45, 7) is 0.544. The van der Waals surface area contributed by atoms with E-state index in [9.17, 15) is 0 Å². The number of aliphatic hydroxyl groups is 1. The summed E-state index contributed by atoms with van der Waals surface area (Å²) in [4.78, 5) is 0. The fourth-order valence-corrected chi connectivity index (χ4v) is 1.20. The minimum absolute atomic E-state index is 0.0491. The van der Waals surface area contributed by atoms with Crippen LogP contribution in [0.5, 0.6) is 0 Å². The molecule has 1 aromatic rings. The van der Waals surface area contributed by atoms with Gasteiger partial charge >= 0.3 is 0 Å². The van der Waals surface area contributed by atoms with Crippen LogP contribution < -0.4 is 5.73 Å². The maximum Gasteiger partial charge on any atom is 0.0681 e. The van der Waals surface area contributed by atoms with E-state index in [0.29, 0.717) is 6.61 Å². The van der Waals surface area contributed by atoms with Gasteiger partial charge in [-0.3, -0.25) is 0 Å². The van der Waals surface area contributed by atoms with Gasteiger partial charge in [0.05, 0.1) is 19.3 Å². The number of rotatable bonds is 4. The van der Waals surface area contributed by atoms with E-state index in [4.69, 9.17) is 15.6 Å². The molecule has 3 nitrogen and oxygen atoms in total. The monoisotopic (exact) mass is 181 g/mol. The van der Waals surface area contributed by atoms with Crippen LogP contribution in [0.25, 0.3) is 0 Å². The lowest BCUT2D eigenvalue weighted by molar-refractivity contribution is 0.181. The number of hydrogen-bond acceptors (Lipinski definition) is 3. The Balaban J connectivity index is 2.75. The summed E-state index contributed by atoms with van der Waals surface area (Å²) >= 11 is 0. The standard InChI is InChI=1S/C10H15NO2/c1-13-7-10(11)9-4-2-3-8(5-9)6-12/h2-5,10,12H,6-7,11H2,1H3. The van der Waals surface area contributed by atoms with Crippen molar-refractivity contribution in [3.63, 3.8) is 0 Å². The number of aliphatic hydroxyl groups excluding tert-OH is 1. The molecule has 1 unspecified atom stereocenters. The molecule has 0 spiro atoms. The van der Waals surface area contributed by atoms with Gasteiger partial charge in [0.1, 0.15) is 0 Å². The molecule has 0 fully saturated rings. The van der Waals surface area contributed by atoms with Gasteiger partial charge in [-0.25, -0.2) is 0 Å². The average molecular weight is 181 g/mol. The van der Waals surface area contributed by atoms with E-state index in [2.05, 4.69) is 0 Å². The van der Waals surface area contributed by atoms with Crippen LogP contribution >= 0.6 is 0 Å². The maximum absolute atomic E-state index is 8.90. The number of nitrogens with two attached hydrogens (primary N) is 1. The molecule has 0 bridgehead atoms. The molecule has 0 aliphatic heterocycles. The molecule has 0 aliphatic carbocycles. The number of hydrogen-bond donors (Lipinski definition) is 2. The molecule has 1 atom stereocenters. The van der Waals surface area contributed by atoms with Crippen molar-refractivity contribution in [2.75, 3.05) is 13.7 Å². The van der Waals surface area contributed by atoms with Crippen LogP contribution in [0.15, 0.2) is 24.3 Å². The highest BCUT2D eigenvalue weighted by molar-refractivity contribution is 5.25. The summed E-state index contributed by atoms with van der Waals surface area (Å²) in [5, 5.41) is 8.90. The molecular formula is C10H15NO2. The smallest absolute Gasteiger partial charge is 0.0681 e. The molecule has 13 heavy (non-hydrogen) atoms. The molecule has 0 saturated carbocycles. The van der Waals surface area contributed by atoms with Crippen LogP contribution in [0, 0.1) is 0 Å². The second-order valence-corrected chi connectivity index (χ2v) is 2.96. The number of benzene rings is 1. The molecule has 3 heteroatoms. The summed E-state index contributed by atoms with van der Waals surface area (Å²) in [7, 11) is 1.62. The van der Waals surface area contributed by atoms with Crippen LogP contribution in [-0.2, 0) is 11.3 Å². The van der Waals surface area contributed by atoms with Crippen molar-refractivity contribution in [3.05, 3.63) is 35.4 Å². The molecule has 72 valence electrons. The minimum atomic E-state index is -0.114. The lowest BCUT2D eigenvalue weighted by Crippen LogP contribution is -2.16. The van der Waals surface area contributed by atoms with Crippen molar-refractivity contribution >= 4 is 0 Å². The normalized spacial score (nSPS) is 12.8. The first kappa shape index (κ1) is 10.2. The molecule has 0 heterocycles. The highest BCUT2D eigenvalue weighted by Crippen LogP contribution is 2.12.